The molecule has 4 rings (SSSR count). The van der Waals surface area contributed by atoms with Gasteiger partial charge >= 0.3 is 0 Å². The second-order valence-corrected chi connectivity index (χ2v) is 9.43. The molecule has 0 unspecified atom stereocenters. The molecule has 0 saturated carbocycles. The van der Waals surface area contributed by atoms with E-state index in [1.165, 1.54) is 18.0 Å². The minimum atomic E-state index is -0.708. The summed E-state index contributed by atoms with van der Waals surface area (Å²) in [5.74, 6) is -0.674. The molecule has 0 saturated heterocycles. The van der Waals surface area contributed by atoms with Crippen LogP contribution < -0.4 is 16.0 Å². The molecule has 1 aromatic heterocycles. The van der Waals surface area contributed by atoms with Gasteiger partial charge in [-0.3, -0.25) is 9.59 Å². The number of para-hydroxylation sites is 1. The van der Waals surface area contributed by atoms with Gasteiger partial charge in [0.25, 0.3) is 5.91 Å². The van der Waals surface area contributed by atoms with Crippen LogP contribution in [-0.4, -0.2) is 17.6 Å². The predicted octanol–water partition coefficient (Wildman–Crippen LogP) is 5.60. The third-order valence-corrected chi connectivity index (χ3v) is 6.77. The lowest BCUT2D eigenvalue weighted by atomic mass is 9.85. The summed E-state index contributed by atoms with van der Waals surface area (Å²) in [7, 11) is 0. The zero-order valence-corrected chi connectivity index (χ0v) is 21.0. The van der Waals surface area contributed by atoms with Crippen molar-refractivity contribution in [3.05, 3.63) is 106 Å². The average molecular weight is 499 g/mol. The van der Waals surface area contributed by atoms with Crippen molar-refractivity contribution in [2.75, 3.05) is 16.4 Å². The maximum atomic E-state index is 13.3. The number of rotatable bonds is 7. The average Bonchev–Trinajstić information content (AvgIpc) is 3.39. The van der Waals surface area contributed by atoms with Crippen LogP contribution in [0.25, 0.3) is 0 Å². The number of aryl methyl sites for hydroxylation is 2. The number of dihydropyridines is 1. The predicted molar refractivity (Wildman–Crippen MR) is 142 cm³/mol. The van der Waals surface area contributed by atoms with Crippen LogP contribution in [0, 0.1) is 25.2 Å². The fourth-order valence-corrected chi connectivity index (χ4v) is 4.96. The number of nitrogens with one attached hydrogen (secondary N) is 3. The number of furan rings is 1. The molecule has 182 valence electrons. The Bertz CT molecular complexity index is 1390. The molecule has 0 radical (unpaired) electrons. The van der Waals surface area contributed by atoms with Gasteiger partial charge in [-0.15, -0.1) is 0 Å². The van der Waals surface area contributed by atoms with Gasteiger partial charge in [0.2, 0.25) is 5.91 Å². The highest BCUT2D eigenvalue weighted by molar-refractivity contribution is 8.03. The Labute approximate surface area is 214 Å². The molecule has 1 atom stereocenters. The van der Waals surface area contributed by atoms with E-state index in [-0.39, 0.29) is 17.6 Å². The van der Waals surface area contributed by atoms with Crippen LogP contribution in [0.15, 0.2) is 93.2 Å². The topological polar surface area (TPSA) is 107 Å². The van der Waals surface area contributed by atoms with Crippen LogP contribution in [0.3, 0.4) is 0 Å². The minimum Gasteiger partial charge on any atom is -0.468 e. The largest absolute Gasteiger partial charge is 0.468 e. The van der Waals surface area contributed by atoms with Crippen LogP contribution in [0.4, 0.5) is 11.4 Å². The summed E-state index contributed by atoms with van der Waals surface area (Å²) in [6, 6.07) is 20.6. The Morgan fingerprint density at radius 3 is 2.50 bits per heavy atom. The first-order chi connectivity index (χ1) is 17.4. The SMILES string of the molecule is CC1=C(C(=O)Nc2ccccc2)[C@H](c2ccco2)C(C#N)=C(SCC(=O)Nc2ccc(C)cc2C)N1. The molecule has 0 aliphatic carbocycles. The molecule has 7 nitrogen and oxygen atoms in total. The zero-order valence-electron chi connectivity index (χ0n) is 20.2. The Kier molecular flexibility index (Phi) is 7.62. The molecule has 2 amide bonds. The lowest BCUT2D eigenvalue weighted by molar-refractivity contribution is -0.114. The van der Waals surface area contributed by atoms with E-state index in [0.29, 0.717) is 33.3 Å². The molecule has 8 heteroatoms. The van der Waals surface area contributed by atoms with Gasteiger partial charge in [0, 0.05) is 17.1 Å². The highest BCUT2D eigenvalue weighted by Crippen LogP contribution is 2.41. The molecule has 0 spiro atoms. The second kappa shape index (κ2) is 11.0. The van der Waals surface area contributed by atoms with Crippen molar-refractivity contribution < 1.29 is 14.0 Å². The standard InChI is InChI=1S/C28H26N4O3S/c1-17-11-12-22(18(2)14-17)32-24(33)16-36-28-21(15-29)26(23-10-7-13-35-23)25(19(3)30-28)27(34)31-20-8-5-4-6-9-20/h4-14,26,30H,16H2,1-3H3,(H,31,34)(H,32,33)/t26-/m0/s1. The fourth-order valence-electron chi connectivity index (χ4n) is 4.07. The van der Waals surface area contributed by atoms with Gasteiger partial charge < -0.3 is 20.4 Å². The van der Waals surface area contributed by atoms with E-state index in [1.807, 2.05) is 50.2 Å². The number of nitriles is 1. The summed E-state index contributed by atoms with van der Waals surface area (Å²) in [5, 5.41) is 19.6. The van der Waals surface area contributed by atoms with Crippen molar-refractivity contribution in [3.63, 3.8) is 0 Å². The summed E-state index contributed by atoms with van der Waals surface area (Å²) < 4.78 is 5.64. The van der Waals surface area contributed by atoms with Gasteiger partial charge in [-0.2, -0.15) is 5.26 Å². The number of amides is 2. The van der Waals surface area contributed by atoms with Crippen molar-refractivity contribution in [1.29, 1.82) is 5.26 Å². The highest BCUT2D eigenvalue weighted by Gasteiger charge is 2.36. The summed E-state index contributed by atoms with van der Waals surface area (Å²) in [6.45, 7) is 5.72. The van der Waals surface area contributed by atoms with E-state index < -0.39 is 5.92 Å². The van der Waals surface area contributed by atoms with Gasteiger partial charge in [-0.1, -0.05) is 47.7 Å². The summed E-state index contributed by atoms with van der Waals surface area (Å²) in [6.07, 6.45) is 1.51. The molecule has 1 aliphatic heterocycles. The molecule has 0 bridgehead atoms. The third-order valence-electron chi connectivity index (χ3n) is 5.76. The molecule has 0 fully saturated rings. The maximum absolute atomic E-state index is 13.3. The Morgan fingerprint density at radius 2 is 1.83 bits per heavy atom. The van der Waals surface area contributed by atoms with E-state index >= 15 is 0 Å². The van der Waals surface area contributed by atoms with Crippen LogP contribution in [-0.2, 0) is 9.59 Å². The van der Waals surface area contributed by atoms with Crippen molar-refractivity contribution in [2.24, 2.45) is 0 Å². The number of allylic oxidation sites excluding steroid dienone is 2. The van der Waals surface area contributed by atoms with Gasteiger partial charge in [0.1, 0.15) is 5.76 Å². The maximum Gasteiger partial charge on any atom is 0.254 e. The number of nitrogens with zero attached hydrogens (tertiary/aromatic N) is 1. The van der Waals surface area contributed by atoms with Crippen LogP contribution >= 0.6 is 11.8 Å². The van der Waals surface area contributed by atoms with E-state index in [2.05, 4.69) is 22.0 Å². The van der Waals surface area contributed by atoms with Crippen molar-refractivity contribution in [3.8, 4) is 6.07 Å². The third kappa shape index (κ3) is 5.53. The van der Waals surface area contributed by atoms with Gasteiger partial charge in [-0.05, 0) is 56.7 Å². The Balaban J connectivity index is 1.57. The molecule has 2 aromatic carbocycles. The van der Waals surface area contributed by atoms with Gasteiger partial charge in [-0.25, -0.2) is 0 Å². The molecule has 2 heterocycles. The molecular formula is C28H26N4O3S. The number of carbonyl (C=O) groups is 2. The van der Waals surface area contributed by atoms with E-state index in [0.717, 1.165) is 16.8 Å². The van der Waals surface area contributed by atoms with Crippen LogP contribution in [0.5, 0.6) is 0 Å². The molecule has 3 aromatic rings. The summed E-state index contributed by atoms with van der Waals surface area (Å²) in [4.78, 5) is 26.0. The van der Waals surface area contributed by atoms with Gasteiger partial charge in [0.05, 0.1) is 40.2 Å². The highest BCUT2D eigenvalue weighted by atomic mass is 32.2. The summed E-state index contributed by atoms with van der Waals surface area (Å²) >= 11 is 1.22. The van der Waals surface area contributed by atoms with Gasteiger partial charge in [0.15, 0.2) is 0 Å². The molecule has 3 N–H and O–H groups in total. The lowest BCUT2D eigenvalue weighted by Crippen LogP contribution is -2.31. The minimum absolute atomic E-state index is 0.0878. The van der Waals surface area contributed by atoms with E-state index in [1.54, 1.807) is 31.2 Å². The number of hydrogen-bond acceptors (Lipinski definition) is 6. The smallest absolute Gasteiger partial charge is 0.254 e. The number of anilines is 2. The Morgan fingerprint density at radius 1 is 1.06 bits per heavy atom. The number of thioether (sulfide) groups is 1. The number of benzene rings is 2. The lowest BCUT2D eigenvalue weighted by Gasteiger charge is -2.28. The second-order valence-electron chi connectivity index (χ2n) is 8.44. The first-order valence-corrected chi connectivity index (χ1v) is 12.4. The molecular weight excluding hydrogens is 472 g/mol. The first kappa shape index (κ1) is 24.9. The normalized spacial score (nSPS) is 15.2. The van der Waals surface area contributed by atoms with Crippen molar-refractivity contribution in [2.45, 2.75) is 26.7 Å². The molecule has 1 aliphatic rings. The van der Waals surface area contributed by atoms with Crippen molar-refractivity contribution >= 4 is 35.0 Å². The van der Waals surface area contributed by atoms with E-state index in [9.17, 15) is 14.9 Å². The first-order valence-electron chi connectivity index (χ1n) is 11.4. The monoisotopic (exact) mass is 498 g/mol. The van der Waals surface area contributed by atoms with Crippen LogP contribution in [0.1, 0.15) is 29.7 Å². The quantitative estimate of drug-likeness (QED) is 0.391. The Hall–Kier alpha value is -4.22. The number of carbonyl (C=O) groups excluding carboxylic acids is 2. The zero-order chi connectivity index (χ0) is 25.7. The number of hydrogen-bond donors (Lipinski definition) is 3. The van der Waals surface area contributed by atoms with Crippen molar-refractivity contribution in [1.82, 2.24) is 5.32 Å². The fraction of sp³-hybridized carbons (Fsp3) is 0.179. The molecule has 36 heavy (non-hydrogen) atoms. The van der Waals surface area contributed by atoms with E-state index in [4.69, 9.17) is 4.42 Å². The summed E-state index contributed by atoms with van der Waals surface area (Å²) in [5.41, 5.74) is 4.78. The van der Waals surface area contributed by atoms with Crippen LogP contribution in [0.2, 0.25) is 0 Å².